The molecule has 2 rings (SSSR count). The first-order valence-electron chi connectivity index (χ1n) is 8.31. The summed E-state index contributed by atoms with van der Waals surface area (Å²) >= 11 is 6.47. The number of ether oxygens (including phenoxy) is 1. The Bertz CT molecular complexity index is 427. The van der Waals surface area contributed by atoms with E-state index in [4.69, 9.17) is 16.3 Å². The maximum Gasteiger partial charge on any atom is 0.120 e. The van der Waals surface area contributed by atoms with Crippen LogP contribution in [0.15, 0.2) is 18.2 Å². The average Bonchev–Trinajstić information content (AvgIpc) is 2.75. The predicted molar refractivity (Wildman–Crippen MR) is 90.2 cm³/mol. The van der Waals surface area contributed by atoms with Crippen LogP contribution in [0.25, 0.3) is 0 Å². The number of halogens is 1. The lowest BCUT2D eigenvalue weighted by atomic mass is 9.89. The van der Waals surface area contributed by atoms with Crippen molar-refractivity contribution in [1.29, 1.82) is 0 Å². The molecule has 0 aromatic heterocycles. The zero-order chi connectivity index (χ0) is 15.1. The van der Waals surface area contributed by atoms with Gasteiger partial charge in [-0.3, -0.25) is 0 Å². The molecule has 3 heteroatoms. The summed E-state index contributed by atoms with van der Waals surface area (Å²) in [6, 6.07) is 6.41. The summed E-state index contributed by atoms with van der Waals surface area (Å²) in [5, 5.41) is 4.43. The van der Waals surface area contributed by atoms with Crippen LogP contribution in [-0.4, -0.2) is 13.7 Å². The molecular formula is C18H28ClNO. The number of nitrogens with one attached hydrogen (secondary N) is 1. The van der Waals surface area contributed by atoms with E-state index >= 15 is 0 Å². The molecule has 0 aliphatic heterocycles. The van der Waals surface area contributed by atoms with Crippen molar-refractivity contribution in [3.8, 4) is 5.75 Å². The molecule has 2 nitrogen and oxygen atoms in total. The van der Waals surface area contributed by atoms with E-state index in [0.29, 0.717) is 6.04 Å². The normalized spacial score (nSPS) is 18.2. The Morgan fingerprint density at radius 2 is 1.95 bits per heavy atom. The minimum Gasteiger partial charge on any atom is -0.497 e. The number of hydrogen-bond donors (Lipinski definition) is 1. The minimum absolute atomic E-state index is 0.358. The zero-order valence-corrected chi connectivity index (χ0v) is 14.1. The van der Waals surface area contributed by atoms with Crippen molar-refractivity contribution in [2.75, 3.05) is 13.7 Å². The molecule has 1 aromatic rings. The highest BCUT2D eigenvalue weighted by Crippen LogP contribution is 2.34. The Hall–Kier alpha value is -0.730. The summed E-state index contributed by atoms with van der Waals surface area (Å²) < 4.78 is 5.25. The molecule has 1 saturated carbocycles. The Labute approximate surface area is 134 Å². The van der Waals surface area contributed by atoms with Gasteiger partial charge in [0, 0.05) is 11.1 Å². The van der Waals surface area contributed by atoms with Crippen molar-refractivity contribution in [3.63, 3.8) is 0 Å². The second-order valence-corrected chi connectivity index (χ2v) is 6.50. The molecule has 118 valence electrons. The van der Waals surface area contributed by atoms with Crippen LogP contribution in [0.2, 0.25) is 5.02 Å². The summed E-state index contributed by atoms with van der Waals surface area (Å²) in [6.45, 7) is 3.14. The fourth-order valence-electron chi connectivity index (χ4n) is 3.42. The molecule has 0 spiro atoms. The topological polar surface area (TPSA) is 21.3 Å². The SMILES string of the molecule is CCNC(CC1CCCCCC1)c1ccc(OC)cc1Cl. The van der Waals surface area contributed by atoms with Crippen molar-refractivity contribution in [2.24, 2.45) is 5.92 Å². The number of methoxy groups -OCH3 is 1. The first kappa shape index (κ1) is 16.6. The van der Waals surface area contributed by atoms with E-state index in [-0.39, 0.29) is 0 Å². The van der Waals surface area contributed by atoms with Crippen LogP contribution in [0.1, 0.15) is 63.5 Å². The van der Waals surface area contributed by atoms with Gasteiger partial charge in [-0.1, -0.05) is 63.1 Å². The highest BCUT2D eigenvalue weighted by molar-refractivity contribution is 6.31. The largest absolute Gasteiger partial charge is 0.497 e. The fourth-order valence-corrected chi connectivity index (χ4v) is 3.72. The van der Waals surface area contributed by atoms with Crippen LogP contribution in [0.5, 0.6) is 5.75 Å². The van der Waals surface area contributed by atoms with E-state index in [0.717, 1.165) is 23.2 Å². The van der Waals surface area contributed by atoms with E-state index < -0.39 is 0 Å². The lowest BCUT2D eigenvalue weighted by molar-refractivity contribution is 0.359. The van der Waals surface area contributed by atoms with Crippen LogP contribution in [0.4, 0.5) is 0 Å². The number of benzene rings is 1. The van der Waals surface area contributed by atoms with E-state index in [1.165, 1.54) is 50.5 Å². The van der Waals surface area contributed by atoms with Crippen LogP contribution in [0, 0.1) is 5.92 Å². The zero-order valence-electron chi connectivity index (χ0n) is 13.3. The second-order valence-electron chi connectivity index (χ2n) is 6.09. The van der Waals surface area contributed by atoms with Gasteiger partial charge in [0.25, 0.3) is 0 Å². The molecule has 1 aromatic carbocycles. The van der Waals surface area contributed by atoms with E-state index in [1.807, 2.05) is 12.1 Å². The van der Waals surface area contributed by atoms with Crippen molar-refractivity contribution in [2.45, 2.75) is 57.9 Å². The quantitative estimate of drug-likeness (QED) is 0.714. The van der Waals surface area contributed by atoms with E-state index in [2.05, 4.69) is 18.3 Å². The lowest BCUT2D eigenvalue weighted by Gasteiger charge is -2.25. The predicted octanol–water partition coefficient (Wildman–Crippen LogP) is 5.36. The van der Waals surface area contributed by atoms with Crippen LogP contribution >= 0.6 is 11.6 Å². The van der Waals surface area contributed by atoms with Crippen molar-refractivity contribution in [1.82, 2.24) is 5.32 Å². The first-order chi connectivity index (χ1) is 10.2. The number of rotatable bonds is 6. The molecule has 1 fully saturated rings. The maximum atomic E-state index is 6.47. The molecule has 0 bridgehead atoms. The van der Waals surface area contributed by atoms with Crippen molar-refractivity contribution >= 4 is 11.6 Å². The second kappa shape index (κ2) is 8.65. The summed E-state index contributed by atoms with van der Waals surface area (Å²) in [5.74, 6) is 1.66. The van der Waals surface area contributed by atoms with Gasteiger partial charge in [-0.05, 0) is 36.6 Å². The Balaban J connectivity index is 2.10. The maximum absolute atomic E-state index is 6.47. The molecule has 1 atom stereocenters. The highest BCUT2D eigenvalue weighted by atomic mass is 35.5. The van der Waals surface area contributed by atoms with Crippen LogP contribution < -0.4 is 10.1 Å². The average molecular weight is 310 g/mol. The molecule has 1 N–H and O–H groups in total. The smallest absolute Gasteiger partial charge is 0.120 e. The molecule has 0 heterocycles. The van der Waals surface area contributed by atoms with E-state index in [9.17, 15) is 0 Å². The van der Waals surface area contributed by atoms with Gasteiger partial charge in [-0.25, -0.2) is 0 Å². The third-order valence-corrected chi connectivity index (χ3v) is 4.90. The Morgan fingerprint density at radius 1 is 1.24 bits per heavy atom. The van der Waals surface area contributed by atoms with Crippen molar-refractivity contribution in [3.05, 3.63) is 28.8 Å². The fraction of sp³-hybridized carbons (Fsp3) is 0.667. The van der Waals surface area contributed by atoms with Gasteiger partial charge >= 0.3 is 0 Å². The molecule has 0 amide bonds. The van der Waals surface area contributed by atoms with Gasteiger partial charge in [-0.2, -0.15) is 0 Å². The van der Waals surface area contributed by atoms with Gasteiger partial charge in [0.1, 0.15) is 5.75 Å². The molecule has 1 unspecified atom stereocenters. The Kier molecular flexibility index (Phi) is 6.85. The standard InChI is InChI=1S/C18H28ClNO/c1-3-20-18(12-14-8-6-4-5-7-9-14)16-11-10-15(21-2)13-17(16)19/h10-11,13-14,18,20H,3-9,12H2,1-2H3. The number of hydrogen-bond acceptors (Lipinski definition) is 2. The van der Waals surface area contributed by atoms with Gasteiger partial charge in [0.2, 0.25) is 0 Å². The minimum atomic E-state index is 0.358. The van der Waals surface area contributed by atoms with Gasteiger partial charge in [0.05, 0.1) is 7.11 Å². The first-order valence-corrected chi connectivity index (χ1v) is 8.69. The summed E-state index contributed by atoms with van der Waals surface area (Å²) in [5.41, 5.74) is 1.21. The Morgan fingerprint density at radius 3 is 2.52 bits per heavy atom. The molecule has 0 radical (unpaired) electrons. The molecule has 21 heavy (non-hydrogen) atoms. The third-order valence-electron chi connectivity index (χ3n) is 4.58. The van der Waals surface area contributed by atoms with Crippen LogP contribution in [-0.2, 0) is 0 Å². The van der Waals surface area contributed by atoms with E-state index in [1.54, 1.807) is 7.11 Å². The molecule has 1 aliphatic rings. The summed E-state index contributed by atoms with van der Waals surface area (Å²) in [4.78, 5) is 0. The van der Waals surface area contributed by atoms with Gasteiger partial charge in [0.15, 0.2) is 0 Å². The third kappa shape index (κ3) is 4.89. The van der Waals surface area contributed by atoms with Gasteiger partial charge < -0.3 is 10.1 Å². The lowest BCUT2D eigenvalue weighted by Crippen LogP contribution is -2.24. The van der Waals surface area contributed by atoms with Gasteiger partial charge in [-0.15, -0.1) is 0 Å². The van der Waals surface area contributed by atoms with Crippen molar-refractivity contribution < 1.29 is 4.74 Å². The summed E-state index contributed by atoms with van der Waals surface area (Å²) in [6.07, 6.45) is 9.53. The summed E-state index contributed by atoms with van der Waals surface area (Å²) in [7, 11) is 1.68. The molecular weight excluding hydrogens is 282 g/mol. The molecule has 0 saturated heterocycles. The molecule has 1 aliphatic carbocycles. The monoisotopic (exact) mass is 309 g/mol. The van der Waals surface area contributed by atoms with Crippen LogP contribution in [0.3, 0.4) is 0 Å². The highest BCUT2D eigenvalue weighted by Gasteiger charge is 2.20.